The lowest BCUT2D eigenvalue weighted by Crippen LogP contribution is -2.17. The number of carboxylic acids is 1. The Kier molecular flexibility index (Phi) is 4.84. The fourth-order valence-electron chi connectivity index (χ4n) is 3.02. The molecule has 3 aromatic carbocycles. The maximum absolute atomic E-state index is 11.7. The molecule has 0 spiro atoms. The van der Waals surface area contributed by atoms with Gasteiger partial charge in [0, 0.05) is 5.56 Å². The third kappa shape index (κ3) is 3.61. The van der Waals surface area contributed by atoms with Crippen molar-refractivity contribution in [3.63, 3.8) is 0 Å². The fourth-order valence-corrected chi connectivity index (χ4v) is 3.02. The molecule has 0 radical (unpaired) electrons. The van der Waals surface area contributed by atoms with Crippen LogP contribution in [0.1, 0.15) is 11.1 Å². The Hall–Kier alpha value is -3.93. The van der Waals surface area contributed by atoms with Gasteiger partial charge in [0.05, 0.1) is 17.6 Å². The summed E-state index contributed by atoms with van der Waals surface area (Å²) in [7, 11) is 0. The third-order valence-corrected chi connectivity index (χ3v) is 4.36. The number of imidazole rings is 1. The van der Waals surface area contributed by atoms with Crippen molar-refractivity contribution < 1.29 is 9.90 Å². The standard InChI is InChI=1S/C22H18N4O2/c27-21(28)20(17-11-5-2-6-12-17)24-25-22-23-18-13-7-8-14-19(18)26(22)15-16-9-3-1-4-10-16/h1-14H,15H2,(H,23,25)(H,27,28)/b24-20-. The highest BCUT2D eigenvalue weighted by molar-refractivity contribution is 6.42. The van der Waals surface area contributed by atoms with E-state index in [2.05, 4.69) is 15.5 Å². The van der Waals surface area contributed by atoms with Crippen molar-refractivity contribution >= 4 is 28.7 Å². The second-order valence-electron chi connectivity index (χ2n) is 6.24. The second kappa shape index (κ2) is 7.75. The van der Waals surface area contributed by atoms with Gasteiger partial charge in [-0.1, -0.05) is 72.8 Å². The first-order chi connectivity index (χ1) is 13.7. The Labute approximate surface area is 161 Å². The molecule has 0 saturated carbocycles. The van der Waals surface area contributed by atoms with E-state index in [0.29, 0.717) is 18.1 Å². The van der Waals surface area contributed by atoms with Crippen molar-refractivity contribution in [1.82, 2.24) is 9.55 Å². The second-order valence-corrected chi connectivity index (χ2v) is 6.24. The molecule has 28 heavy (non-hydrogen) atoms. The van der Waals surface area contributed by atoms with Gasteiger partial charge in [-0.2, -0.15) is 5.10 Å². The average Bonchev–Trinajstić information content (AvgIpc) is 3.07. The van der Waals surface area contributed by atoms with Crippen molar-refractivity contribution in [2.45, 2.75) is 6.54 Å². The van der Waals surface area contributed by atoms with E-state index in [4.69, 9.17) is 0 Å². The summed E-state index contributed by atoms with van der Waals surface area (Å²) in [5.41, 5.74) is 6.18. The van der Waals surface area contributed by atoms with E-state index >= 15 is 0 Å². The normalized spacial score (nSPS) is 11.5. The monoisotopic (exact) mass is 370 g/mol. The first kappa shape index (κ1) is 17.5. The minimum absolute atomic E-state index is 0.0704. The van der Waals surface area contributed by atoms with Crippen molar-refractivity contribution in [3.05, 3.63) is 96.1 Å². The molecule has 0 aliphatic heterocycles. The fraction of sp³-hybridized carbons (Fsp3) is 0.0455. The van der Waals surface area contributed by atoms with Crippen molar-refractivity contribution in [1.29, 1.82) is 0 Å². The van der Waals surface area contributed by atoms with Gasteiger partial charge >= 0.3 is 5.97 Å². The third-order valence-electron chi connectivity index (χ3n) is 4.36. The minimum atomic E-state index is -1.11. The molecule has 0 aliphatic carbocycles. The molecule has 6 heteroatoms. The van der Waals surface area contributed by atoms with Crippen LogP contribution in [0.2, 0.25) is 0 Å². The molecule has 0 saturated heterocycles. The molecule has 4 rings (SSSR count). The summed E-state index contributed by atoms with van der Waals surface area (Å²) in [5, 5.41) is 13.7. The summed E-state index contributed by atoms with van der Waals surface area (Å²) in [6.45, 7) is 0.590. The Morgan fingerprint density at radius 3 is 2.29 bits per heavy atom. The maximum Gasteiger partial charge on any atom is 0.356 e. The quantitative estimate of drug-likeness (QED) is 0.397. The molecule has 2 N–H and O–H groups in total. The zero-order valence-electron chi connectivity index (χ0n) is 15.0. The molecule has 0 aliphatic rings. The molecule has 0 bridgehead atoms. The van der Waals surface area contributed by atoms with Crippen molar-refractivity contribution in [2.75, 3.05) is 5.43 Å². The lowest BCUT2D eigenvalue weighted by molar-refractivity contribution is -0.129. The highest BCUT2D eigenvalue weighted by Crippen LogP contribution is 2.21. The van der Waals surface area contributed by atoms with Crippen LogP contribution in [0, 0.1) is 0 Å². The Morgan fingerprint density at radius 1 is 0.929 bits per heavy atom. The lowest BCUT2D eigenvalue weighted by Gasteiger charge is -2.09. The average molecular weight is 370 g/mol. The largest absolute Gasteiger partial charge is 0.476 e. The van der Waals surface area contributed by atoms with Gasteiger partial charge < -0.3 is 9.67 Å². The number of hydrogen-bond donors (Lipinski definition) is 2. The molecular weight excluding hydrogens is 352 g/mol. The van der Waals surface area contributed by atoms with Crippen molar-refractivity contribution in [2.24, 2.45) is 5.10 Å². The summed E-state index contributed by atoms with van der Waals surface area (Å²) < 4.78 is 1.98. The number of rotatable bonds is 6. The molecule has 0 amide bonds. The number of anilines is 1. The molecule has 1 heterocycles. The van der Waals surface area contributed by atoms with Gasteiger partial charge in [-0.15, -0.1) is 0 Å². The molecule has 138 valence electrons. The summed E-state index contributed by atoms with van der Waals surface area (Å²) in [6.07, 6.45) is 0. The predicted molar refractivity (Wildman–Crippen MR) is 110 cm³/mol. The topological polar surface area (TPSA) is 79.5 Å². The molecule has 0 unspecified atom stereocenters. The molecule has 0 fully saturated rings. The predicted octanol–water partition coefficient (Wildman–Crippen LogP) is 3.99. The maximum atomic E-state index is 11.7. The first-order valence-electron chi connectivity index (χ1n) is 8.84. The van der Waals surface area contributed by atoms with E-state index in [1.165, 1.54) is 0 Å². The minimum Gasteiger partial charge on any atom is -0.476 e. The van der Waals surface area contributed by atoms with Crippen LogP contribution in [-0.4, -0.2) is 26.3 Å². The van der Waals surface area contributed by atoms with E-state index in [1.807, 2.05) is 65.2 Å². The zero-order chi connectivity index (χ0) is 19.3. The van der Waals surface area contributed by atoms with Gasteiger partial charge in [0.2, 0.25) is 5.95 Å². The Bertz CT molecular complexity index is 1140. The van der Waals surface area contributed by atoms with Crippen LogP contribution in [0.25, 0.3) is 11.0 Å². The van der Waals surface area contributed by atoms with Gasteiger partial charge in [0.1, 0.15) is 0 Å². The number of nitrogens with zero attached hydrogens (tertiary/aromatic N) is 3. The summed E-state index contributed by atoms with van der Waals surface area (Å²) in [5.74, 6) is -0.621. The highest BCUT2D eigenvalue weighted by Gasteiger charge is 2.14. The van der Waals surface area contributed by atoms with Crippen LogP contribution in [-0.2, 0) is 11.3 Å². The van der Waals surface area contributed by atoms with E-state index in [9.17, 15) is 9.90 Å². The Morgan fingerprint density at radius 2 is 1.57 bits per heavy atom. The number of aromatic nitrogens is 2. The summed E-state index contributed by atoms with van der Waals surface area (Å²) >= 11 is 0. The first-order valence-corrected chi connectivity index (χ1v) is 8.84. The molecule has 4 aromatic rings. The summed E-state index contributed by atoms with van der Waals surface area (Å²) in [4.78, 5) is 16.3. The van der Waals surface area contributed by atoms with Crippen LogP contribution < -0.4 is 5.43 Å². The molecule has 6 nitrogen and oxygen atoms in total. The number of carboxylic acid groups (broad SMARTS) is 1. The molecular formula is C22H18N4O2. The van der Waals surface area contributed by atoms with Crippen molar-refractivity contribution in [3.8, 4) is 0 Å². The smallest absolute Gasteiger partial charge is 0.356 e. The van der Waals surface area contributed by atoms with Crippen LogP contribution in [0.5, 0.6) is 0 Å². The van der Waals surface area contributed by atoms with Crippen LogP contribution in [0.3, 0.4) is 0 Å². The van der Waals surface area contributed by atoms with E-state index in [1.54, 1.807) is 24.3 Å². The van der Waals surface area contributed by atoms with E-state index in [0.717, 1.165) is 16.6 Å². The highest BCUT2D eigenvalue weighted by atomic mass is 16.4. The summed E-state index contributed by atoms with van der Waals surface area (Å²) in [6, 6.07) is 26.6. The Balaban J connectivity index is 1.74. The van der Waals surface area contributed by atoms with Crippen LogP contribution in [0.15, 0.2) is 90.0 Å². The molecule has 0 atom stereocenters. The molecule has 1 aromatic heterocycles. The van der Waals surface area contributed by atoms with E-state index in [-0.39, 0.29) is 5.71 Å². The number of carbonyl (C=O) groups is 1. The van der Waals surface area contributed by atoms with Crippen LogP contribution in [0.4, 0.5) is 5.95 Å². The lowest BCUT2D eigenvalue weighted by atomic mass is 10.1. The van der Waals surface area contributed by atoms with Gasteiger partial charge in [-0.3, -0.25) is 0 Å². The van der Waals surface area contributed by atoms with Gasteiger partial charge in [0.25, 0.3) is 0 Å². The van der Waals surface area contributed by atoms with Gasteiger partial charge in [-0.25, -0.2) is 15.2 Å². The van der Waals surface area contributed by atoms with Gasteiger partial charge in [0.15, 0.2) is 5.71 Å². The van der Waals surface area contributed by atoms with Gasteiger partial charge in [-0.05, 0) is 17.7 Å². The zero-order valence-corrected chi connectivity index (χ0v) is 15.0. The number of hydrogen-bond acceptors (Lipinski definition) is 4. The number of fused-ring (bicyclic) bond motifs is 1. The van der Waals surface area contributed by atoms with E-state index < -0.39 is 5.97 Å². The number of para-hydroxylation sites is 2. The SMILES string of the molecule is O=C(O)/C(=N\Nc1nc2ccccc2n1Cc1ccccc1)c1ccccc1. The number of aliphatic carboxylic acids is 1. The number of hydrazone groups is 1. The number of benzene rings is 3. The number of nitrogens with one attached hydrogen (secondary N) is 1. The van der Waals surface area contributed by atoms with Crippen LogP contribution >= 0.6 is 0 Å².